The number of hydrogen-bond acceptors (Lipinski definition) is 5. The highest BCUT2D eigenvalue weighted by molar-refractivity contribution is 5.76. The molecule has 0 aliphatic heterocycles. The first kappa shape index (κ1) is 14.2. The Labute approximate surface area is 117 Å². The topological polar surface area (TPSA) is 85.8 Å². The number of aromatic nitrogens is 4. The van der Waals surface area contributed by atoms with Crippen LogP contribution in [0.4, 0.5) is 0 Å². The number of amides is 1. The van der Waals surface area contributed by atoms with Crippen LogP contribution in [0.3, 0.4) is 0 Å². The summed E-state index contributed by atoms with van der Waals surface area (Å²) in [6.45, 7) is 4.08. The van der Waals surface area contributed by atoms with Crippen LogP contribution in [-0.4, -0.2) is 25.8 Å². The minimum atomic E-state index is -0.148. The molecule has 0 aliphatic carbocycles. The van der Waals surface area contributed by atoms with Crippen LogP contribution in [0, 0.1) is 5.92 Å². The van der Waals surface area contributed by atoms with Crippen molar-refractivity contribution in [2.24, 2.45) is 13.0 Å². The summed E-state index contributed by atoms with van der Waals surface area (Å²) < 4.78 is 6.65. The molecule has 1 atom stereocenters. The molecular weight excluding hydrogens is 258 g/mol. The van der Waals surface area contributed by atoms with Gasteiger partial charge in [0.25, 0.3) is 0 Å². The molecule has 0 aliphatic rings. The summed E-state index contributed by atoms with van der Waals surface area (Å²) in [6, 6.07) is 1.61. The van der Waals surface area contributed by atoms with Crippen molar-refractivity contribution in [2.75, 3.05) is 0 Å². The highest BCUT2D eigenvalue weighted by atomic mass is 16.5. The fourth-order valence-electron chi connectivity index (χ4n) is 1.97. The molecule has 20 heavy (non-hydrogen) atoms. The Kier molecular flexibility index (Phi) is 4.49. The van der Waals surface area contributed by atoms with Crippen LogP contribution in [-0.2, 0) is 18.3 Å². The van der Waals surface area contributed by atoms with E-state index in [1.807, 2.05) is 20.9 Å². The van der Waals surface area contributed by atoms with Gasteiger partial charge in [0.1, 0.15) is 17.9 Å². The maximum absolute atomic E-state index is 12.0. The molecule has 0 spiro atoms. The van der Waals surface area contributed by atoms with E-state index >= 15 is 0 Å². The molecule has 0 aromatic carbocycles. The molecule has 0 fully saturated rings. The van der Waals surface area contributed by atoms with Crippen LogP contribution in [0.25, 0.3) is 0 Å². The maximum atomic E-state index is 12.0. The van der Waals surface area contributed by atoms with Gasteiger partial charge in [-0.3, -0.25) is 9.48 Å². The molecule has 108 valence electrons. The van der Waals surface area contributed by atoms with Crippen molar-refractivity contribution in [2.45, 2.75) is 32.7 Å². The molecule has 7 nitrogen and oxygen atoms in total. The van der Waals surface area contributed by atoms with Crippen LogP contribution >= 0.6 is 0 Å². The highest BCUT2D eigenvalue weighted by Crippen LogP contribution is 2.19. The maximum Gasteiger partial charge on any atom is 0.221 e. The molecule has 0 radical (unpaired) electrons. The number of carbonyl (C=O) groups excluding carboxylic acids is 1. The molecular formula is C13H19N5O2. The van der Waals surface area contributed by atoms with Gasteiger partial charge in [0.2, 0.25) is 5.91 Å². The zero-order chi connectivity index (χ0) is 14.5. The van der Waals surface area contributed by atoms with Crippen molar-refractivity contribution in [3.8, 4) is 0 Å². The van der Waals surface area contributed by atoms with Crippen LogP contribution in [0.15, 0.2) is 23.1 Å². The molecule has 0 saturated carbocycles. The van der Waals surface area contributed by atoms with Gasteiger partial charge in [-0.15, -0.1) is 0 Å². The normalized spacial score (nSPS) is 12.6. The number of aryl methyl sites for hydroxylation is 2. The van der Waals surface area contributed by atoms with Gasteiger partial charge in [-0.2, -0.15) is 5.10 Å². The molecule has 1 N–H and O–H groups in total. The van der Waals surface area contributed by atoms with Gasteiger partial charge in [0, 0.05) is 26.0 Å². The Balaban J connectivity index is 1.95. The molecule has 1 amide bonds. The van der Waals surface area contributed by atoms with Gasteiger partial charge in [-0.1, -0.05) is 19.0 Å². The van der Waals surface area contributed by atoms with Crippen molar-refractivity contribution < 1.29 is 9.32 Å². The van der Waals surface area contributed by atoms with Gasteiger partial charge >= 0.3 is 0 Å². The van der Waals surface area contributed by atoms with Gasteiger partial charge in [-0.25, -0.2) is 4.98 Å². The van der Waals surface area contributed by atoms with Crippen molar-refractivity contribution in [1.82, 2.24) is 25.2 Å². The van der Waals surface area contributed by atoms with E-state index in [1.165, 1.54) is 6.33 Å². The van der Waals surface area contributed by atoms with E-state index in [-0.39, 0.29) is 17.9 Å². The first-order valence-electron chi connectivity index (χ1n) is 6.60. The molecule has 2 aromatic heterocycles. The predicted octanol–water partition coefficient (Wildman–Crippen LogP) is 1.25. The second-order valence-corrected chi connectivity index (χ2v) is 5.01. The first-order valence-corrected chi connectivity index (χ1v) is 6.60. The smallest absolute Gasteiger partial charge is 0.221 e. The number of nitrogens with one attached hydrogen (secondary N) is 1. The van der Waals surface area contributed by atoms with E-state index in [2.05, 4.69) is 20.6 Å². The lowest BCUT2D eigenvalue weighted by Gasteiger charge is -2.21. The van der Waals surface area contributed by atoms with Crippen molar-refractivity contribution in [1.29, 1.82) is 0 Å². The van der Waals surface area contributed by atoms with E-state index in [9.17, 15) is 4.79 Å². The summed E-state index contributed by atoms with van der Waals surface area (Å²) in [7, 11) is 1.82. The quantitative estimate of drug-likeness (QED) is 0.858. The van der Waals surface area contributed by atoms with Gasteiger partial charge < -0.3 is 9.84 Å². The summed E-state index contributed by atoms with van der Waals surface area (Å²) in [5.41, 5.74) is 0. The second-order valence-electron chi connectivity index (χ2n) is 5.01. The van der Waals surface area contributed by atoms with E-state index in [1.54, 1.807) is 16.9 Å². The van der Waals surface area contributed by atoms with Crippen molar-refractivity contribution in [3.05, 3.63) is 30.2 Å². The molecule has 0 bridgehead atoms. The molecule has 0 saturated heterocycles. The fraction of sp³-hybridized carbons (Fsp3) is 0.538. The Bertz CT molecular complexity index is 547. The fourth-order valence-corrected chi connectivity index (χ4v) is 1.97. The van der Waals surface area contributed by atoms with Crippen LogP contribution in [0.1, 0.15) is 37.9 Å². The van der Waals surface area contributed by atoms with Crippen molar-refractivity contribution in [3.63, 3.8) is 0 Å². The van der Waals surface area contributed by atoms with Crippen LogP contribution in [0.2, 0.25) is 0 Å². The largest absolute Gasteiger partial charge is 0.361 e. The van der Waals surface area contributed by atoms with Crippen LogP contribution < -0.4 is 5.32 Å². The Morgan fingerprint density at radius 3 is 2.85 bits per heavy atom. The molecule has 7 heteroatoms. The first-order chi connectivity index (χ1) is 9.58. The number of nitrogens with zero attached hydrogens (tertiary/aromatic N) is 4. The third-order valence-electron chi connectivity index (χ3n) is 3.10. The minimum Gasteiger partial charge on any atom is -0.361 e. The van der Waals surface area contributed by atoms with E-state index < -0.39 is 0 Å². The molecule has 2 aromatic rings. The summed E-state index contributed by atoms with van der Waals surface area (Å²) in [6.07, 6.45) is 3.96. The molecule has 0 unspecified atom stereocenters. The third-order valence-corrected chi connectivity index (χ3v) is 3.10. The monoisotopic (exact) mass is 277 g/mol. The Morgan fingerprint density at radius 1 is 1.50 bits per heavy atom. The number of hydrogen-bond donors (Lipinski definition) is 1. The molecule has 2 heterocycles. The average molecular weight is 277 g/mol. The predicted molar refractivity (Wildman–Crippen MR) is 71.5 cm³/mol. The summed E-state index contributed by atoms with van der Waals surface area (Å²) >= 11 is 0. The molecule has 2 rings (SSSR count). The van der Waals surface area contributed by atoms with Crippen LogP contribution in [0.5, 0.6) is 0 Å². The minimum absolute atomic E-state index is 0.0388. The van der Waals surface area contributed by atoms with E-state index in [0.29, 0.717) is 18.6 Å². The summed E-state index contributed by atoms with van der Waals surface area (Å²) in [4.78, 5) is 16.2. The number of carbonyl (C=O) groups is 1. The SMILES string of the molecule is CC(C)[C@H](NC(=O)CCc1ccno1)c1ncnn1C. The van der Waals surface area contributed by atoms with Gasteiger partial charge in [0.15, 0.2) is 0 Å². The van der Waals surface area contributed by atoms with E-state index in [4.69, 9.17) is 4.52 Å². The lowest BCUT2D eigenvalue weighted by Crippen LogP contribution is -2.33. The lowest BCUT2D eigenvalue weighted by atomic mass is 10.0. The zero-order valence-corrected chi connectivity index (χ0v) is 11.9. The summed E-state index contributed by atoms with van der Waals surface area (Å²) in [5, 5.41) is 10.7. The average Bonchev–Trinajstić information content (AvgIpc) is 3.04. The lowest BCUT2D eigenvalue weighted by molar-refractivity contribution is -0.122. The van der Waals surface area contributed by atoms with Gasteiger partial charge in [-0.05, 0) is 5.92 Å². The van der Waals surface area contributed by atoms with Crippen molar-refractivity contribution >= 4 is 5.91 Å². The highest BCUT2D eigenvalue weighted by Gasteiger charge is 2.22. The van der Waals surface area contributed by atoms with Gasteiger partial charge in [0.05, 0.1) is 12.2 Å². The van der Waals surface area contributed by atoms with E-state index in [0.717, 1.165) is 5.82 Å². The third kappa shape index (κ3) is 3.43. The zero-order valence-electron chi connectivity index (χ0n) is 11.9. The second kappa shape index (κ2) is 6.31. The summed E-state index contributed by atoms with van der Waals surface area (Å²) in [5.74, 6) is 1.66. The number of rotatable bonds is 6. The standard InChI is InChI=1S/C13H19N5O2/c1-9(2)12(13-14-8-15-18(13)3)17-11(19)5-4-10-6-7-16-20-10/h6-9,12H,4-5H2,1-3H3,(H,17,19)/t12-/m0/s1. The Morgan fingerprint density at radius 2 is 2.30 bits per heavy atom. The Hall–Kier alpha value is -2.18.